The summed E-state index contributed by atoms with van der Waals surface area (Å²) >= 11 is 0. The quantitative estimate of drug-likeness (QED) is 0.718. The van der Waals surface area contributed by atoms with Crippen LogP contribution in [0.4, 0.5) is 0 Å². The molecule has 0 atom stereocenters. The van der Waals surface area contributed by atoms with E-state index in [1.54, 1.807) is 0 Å². The second-order valence-corrected chi connectivity index (χ2v) is 5.90. The van der Waals surface area contributed by atoms with Crippen molar-refractivity contribution in [3.8, 4) is 0 Å². The van der Waals surface area contributed by atoms with Crippen LogP contribution in [0.25, 0.3) is 0 Å². The predicted molar refractivity (Wildman–Crippen MR) is 74.0 cm³/mol. The number of amides is 1. The molecule has 0 saturated carbocycles. The fourth-order valence-electron chi connectivity index (χ4n) is 3.03. The number of hydrogen-bond donors (Lipinski definition) is 0. The summed E-state index contributed by atoms with van der Waals surface area (Å²) in [6, 6.07) is 0. The van der Waals surface area contributed by atoms with Gasteiger partial charge in [0.05, 0.1) is 0 Å². The molecular weight excluding hydrogens is 242 g/mol. The molecule has 0 bridgehead atoms. The van der Waals surface area contributed by atoms with Crippen molar-refractivity contribution < 1.29 is 14.3 Å². The molecule has 4 nitrogen and oxygen atoms in total. The van der Waals surface area contributed by atoms with Crippen LogP contribution in [0.15, 0.2) is 0 Å². The van der Waals surface area contributed by atoms with Crippen molar-refractivity contribution in [1.29, 1.82) is 0 Å². The molecule has 0 aromatic carbocycles. The summed E-state index contributed by atoms with van der Waals surface area (Å²) < 4.78 is 10.9. The molecule has 0 aliphatic carbocycles. The maximum Gasteiger partial charge on any atom is 0.248 e. The highest BCUT2D eigenvalue weighted by molar-refractivity contribution is 5.77. The first-order valence-corrected chi connectivity index (χ1v) is 7.69. The van der Waals surface area contributed by atoms with Crippen molar-refractivity contribution in [2.45, 2.75) is 45.4 Å². The molecular formula is C15H27NO3. The van der Waals surface area contributed by atoms with Gasteiger partial charge in [0.25, 0.3) is 0 Å². The van der Waals surface area contributed by atoms with Crippen LogP contribution in [0.1, 0.15) is 45.4 Å². The molecule has 0 unspecified atom stereocenters. The topological polar surface area (TPSA) is 38.8 Å². The lowest BCUT2D eigenvalue weighted by molar-refractivity contribution is -0.139. The van der Waals surface area contributed by atoms with Crippen LogP contribution in [0, 0.1) is 5.41 Å². The van der Waals surface area contributed by atoms with E-state index in [2.05, 4.69) is 6.92 Å². The summed E-state index contributed by atoms with van der Waals surface area (Å²) in [6.45, 7) is 6.69. The maximum absolute atomic E-state index is 12.0. The molecule has 2 aliphatic rings. The third-order valence-electron chi connectivity index (χ3n) is 4.60. The Kier molecular flexibility index (Phi) is 5.64. The van der Waals surface area contributed by atoms with Gasteiger partial charge in [0.2, 0.25) is 5.91 Å². The molecule has 0 aromatic rings. The molecule has 2 rings (SSSR count). The van der Waals surface area contributed by atoms with Gasteiger partial charge in [0, 0.05) is 32.9 Å². The first-order valence-electron chi connectivity index (χ1n) is 7.69. The lowest BCUT2D eigenvalue weighted by Crippen LogP contribution is -2.46. The van der Waals surface area contributed by atoms with E-state index in [4.69, 9.17) is 9.47 Å². The first-order chi connectivity index (χ1) is 9.26. The number of rotatable bonds is 5. The Hall–Kier alpha value is -0.610. The fraction of sp³-hybridized carbons (Fsp3) is 0.933. The monoisotopic (exact) mass is 269 g/mol. The van der Waals surface area contributed by atoms with E-state index in [9.17, 15) is 4.79 Å². The van der Waals surface area contributed by atoms with Crippen LogP contribution in [-0.4, -0.2) is 50.3 Å². The van der Waals surface area contributed by atoms with Gasteiger partial charge in [-0.15, -0.1) is 0 Å². The minimum absolute atomic E-state index is 0.165. The van der Waals surface area contributed by atoms with Crippen LogP contribution in [0.2, 0.25) is 0 Å². The van der Waals surface area contributed by atoms with E-state index < -0.39 is 0 Å². The number of hydrogen-bond acceptors (Lipinski definition) is 3. The zero-order valence-corrected chi connectivity index (χ0v) is 12.2. The molecule has 2 heterocycles. The van der Waals surface area contributed by atoms with Gasteiger partial charge >= 0.3 is 0 Å². The fourth-order valence-corrected chi connectivity index (χ4v) is 3.03. The SMILES string of the molecule is CCCCOCC(=O)N1CCC2(CCOCC2)CC1. The average Bonchev–Trinajstić information content (AvgIpc) is 2.45. The zero-order chi connectivity index (χ0) is 13.6. The molecule has 0 N–H and O–H groups in total. The molecule has 2 aliphatic heterocycles. The summed E-state index contributed by atoms with van der Waals surface area (Å²) in [5, 5.41) is 0. The largest absolute Gasteiger partial charge is 0.381 e. The van der Waals surface area contributed by atoms with Crippen LogP contribution in [0.5, 0.6) is 0 Å². The number of carbonyl (C=O) groups is 1. The highest BCUT2D eigenvalue weighted by Gasteiger charge is 2.36. The average molecular weight is 269 g/mol. The van der Waals surface area contributed by atoms with Crippen molar-refractivity contribution >= 4 is 5.91 Å². The summed E-state index contributed by atoms with van der Waals surface area (Å²) in [7, 11) is 0. The summed E-state index contributed by atoms with van der Waals surface area (Å²) in [5.41, 5.74) is 0.456. The first kappa shape index (κ1) is 14.8. The molecule has 1 amide bonds. The Balaban J connectivity index is 1.68. The van der Waals surface area contributed by atoms with Crippen molar-refractivity contribution in [2.24, 2.45) is 5.41 Å². The third kappa shape index (κ3) is 4.18. The maximum atomic E-state index is 12.0. The van der Waals surface area contributed by atoms with Crippen molar-refractivity contribution in [3.63, 3.8) is 0 Å². The normalized spacial score (nSPS) is 22.7. The summed E-state index contributed by atoms with van der Waals surface area (Å²) in [4.78, 5) is 14.0. The van der Waals surface area contributed by atoms with Crippen molar-refractivity contribution in [1.82, 2.24) is 4.90 Å². The van der Waals surface area contributed by atoms with E-state index in [0.717, 1.165) is 52.0 Å². The van der Waals surface area contributed by atoms with Crippen LogP contribution in [-0.2, 0) is 14.3 Å². The molecule has 0 radical (unpaired) electrons. The highest BCUT2D eigenvalue weighted by atomic mass is 16.5. The van der Waals surface area contributed by atoms with Crippen molar-refractivity contribution in [3.05, 3.63) is 0 Å². The van der Waals surface area contributed by atoms with E-state index in [0.29, 0.717) is 12.0 Å². The van der Waals surface area contributed by atoms with Crippen LogP contribution >= 0.6 is 0 Å². The smallest absolute Gasteiger partial charge is 0.248 e. The van der Waals surface area contributed by atoms with Gasteiger partial charge in [-0.2, -0.15) is 0 Å². The minimum atomic E-state index is 0.165. The molecule has 2 saturated heterocycles. The zero-order valence-electron chi connectivity index (χ0n) is 12.2. The Morgan fingerprint density at radius 1 is 1.21 bits per heavy atom. The Morgan fingerprint density at radius 2 is 1.89 bits per heavy atom. The van der Waals surface area contributed by atoms with Crippen LogP contribution < -0.4 is 0 Å². The van der Waals surface area contributed by atoms with Gasteiger partial charge in [-0.25, -0.2) is 0 Å². The Morgan fingerprint density at radius 3 is 2.53 bits per heavy atom. The van der Waals surface area contributed by atoms with E-state index in [1.807, 2.05) is 4.90 Å². The minimum Gasteiger partial charge on any atom is -0.381 e. The summed E-state index contributed by atoms with van der Waals surface area (Å²) in [5.74, 6) is 0.165. The molecule has 2 fully saturated rings. The lowest BCUT2D eigenvalue weighted by Gasteiger charge is -2.44. The number of likely N-dealkylation sites (tertiary alicyclic amines) is 1. The molecule has 1 spiro atoms. The van der Waals surface area contributed by atoms with Gasteiger partial charge in [-0.05, 0) is 37.5 Å². The van der Waals surface area contributed by atoms with Gasteiger partial charge in [-0.1, -0.05) is 13.3 Å². The standard InChI is InChI=1S/C15H27NO3/c1-2-3-10-19-13-14(17)16-8-4-15(5-9-16)6-11-18-12-7-15/h2-13H2,1H3. The van der Waals surface area contributed by atoms with E-state index in [-0.39, 0.29) is 12.5 Å². The number of ether oxygens (including phenoxy) is 2. The second kappa shape index (κ2) is 7.25. The number of piperidine rings is 1. The summed E-state index contributed by atoms with van der Waals surface area (Å²) in [6.07, 6.45) is 6.76. The second-order valence-electron chi connectivity index (χ2n) is 5.90. The molecule has 19 heavy (non-hydrogen) atoms. The van der Waals surface area contributed by atoms with Gasteiger partial charge < -0.3 is 14.4 Å². The molecule has 4 heteroatoms. The highest BCUT2D eigenvalue weighted by Crippen LogP contribution is 2.40. The van der Waals surface area contributed by atoms with Crippen molar-refractivity contribution in [2.75, 3.05) is 39.5 Å². The lowest BCUT2D eigenvalue weighted by atomic mass is 9.72. The van der Waals surface area contributed by atoms with E-state index >= 15 is 0 Å². The van der Waals surface area contributed by atoms with Gasteiger partial charge in [-0.3, -0.25) is 4.79 Å². The third-order valence-corrected chi connectivity index (χ3v) is 4.60. The number of nitrogens with zero attached hydrogens (tertiary/aromatic N) is 1. The molecule has 110 valence electrons. The number of carbonyl (C=O) groups excluding carboxylic acids is 1. The van der Waals surface area contributed by atoms with E-state index in [1.165, 1.54) is 12.8 Å². The predicted octanol–water partition coefficient (Wildman–Crippen LogP) is 2.22. The van der Waals surface area contributed by atoms with Gasteiger partial charge in [0.15, 0.2) is 0 Å². The molecule has 0 aromatic heterocycles. The Bertz CT molecular complexity index is 277. The number of unbranched alkanes of at least 4 members (excludes halogenated alkanes) is 1. The van der Waals surface area contributed by atoms with Crippen LogP contribution in [0.3, 0.4) is 0 Å². The Labute approximate surface area is 116 Å². The van der Waals surface area contributed by atoms with Gasteiger partial charge in [0.1, 0.15) is 6.61 Å².